The number of halogens is 4. The first kappa shape index (κ1) is 28.4. The minimum absolute atomic E-state index is 0.0150. The van der Waals surface area contributed by atoms with E-state index in [4.69, 9.17) is 17.3 Å². The Hall–Kier alpha value is -5.71. The molecule has 0 aliphatic heterocycles. The SMILES string of the molecule is Cc1cc2n[nH]nc2c(C(N)=O)c1NC(=O)c1cc(Cn2nnc(-c3ccc(C(F)(F)F)cc3)n2)nn1-c1ncccc1Cl. The number of nitrogens with zero attached hydrogens (tertiary/aromatic N) is 9. The summed E-state index contributed by atoms with van der Waals surface area (Å²) >= 11 is 6.38. The van der Waals surface area contributed by atoms with Crippen LogP contribution in [0.4, 0.5) is 18.9 Å². The van der Waals surface area contributed by atoms with Gasteiger partial charge in [-0.2, -0.15) is 38.5 Å². The van der Waals surface area contributed by atoms with E-state index in [0.29, 0.717) is 16.6 Å². The van der Waals surface area contributed by atoms with Crippen molar-refractivity contribution in [2.75, 3.05) is 5.32 Å². The maximum absolute atomic E-state index is 13.7. The third-order valence-electron chi connectivity index (χ3n) is 6.45. The van der Waals surface area contributed by atoms with Gasteiger partial charge >= 0.3 is 6.18 Å². The Balaban J connectivity index is 1.34. The Bertz CT molecular complexity index is 2050. The number of nitrogens with two attached hydrogens (primary N) is 1. The number of rotatable bonds is 7. The summed E-state index contributed by atoms with van der Waals surface area (Å²) in [5, 5.41) is 29.9. The predicted molar refractivity (Wildman–Crippen MR) is 149 cm³/mol. The van der Waals surface area contributed by atoms with Gasteiger partial charge in [0.2, 0.25) is 5.82 Å². The van der Waals surface area contributed by atoms with E-state index in [1.54, 1.807) is 25.1 Å². The standard InChI is InChI=1S/C26H18ClF3N12O2/c1-12-9-17-21(35-39-34-17)19(22(31)43)20(12)33-25(44)18-10-15(37-42(18)24-16(27)3-2-8-32-24)11-41-38-23(36-40-41)13-4-6-14(7-5-13)26(28,29)30/h2-10H,11H2,1H3,(H2,31,43)(H,33,44)(H,34,35,39). The first-order valence-corrected chi connectivity index (χ1v) is 13.0. The van der Waals surface area contributed by atoms with Crippen LogP contribution in [0.2, 0.25) is 5.02 Å². The number of alkyl halides is 3. The maximum Gasteiger partial charge on any atom is 0.416 e. The van der Waals surface area contributed by atoms with Gasteiger partial charge in [0.25, 0.3) is 11.8 Å². The molecule has 4 aromatic heterocycles. The van der Waals surface area contributed by atoms with Crippen molar-refractivity contribution in [2.24, 2.45) is 5.73 Å². The van der Waals surface area contributed by atoms with Gasteiger partial charge < -0.3 is 11.1 Å². The smallest absolute Gasteiger partial charge is 0.365 e. The van der Waals surface area contributed by atoms with Crippen LogP contribution in [0.3, 0.4) is 0 Å². The number of fused-ring (bicyclic) bond motifs is 1. The fraction of sp³-hybridized carbons (Fsp3) is 0.115. The molecule has 0 atom stereocenters. The van der Waals surface area contributed by atoms with Crippen molar-refractivity contribution in [1.82, 2.24) is 50.4 Å². The zero-order chi connectivity index (χ0) is 31.2. The molecule has 0 radical (unpaired) electrons. The number of H-pyrrole nitrogens is 1. The van der Waals surface area contributed by atoms with Gasteiger partial charge in [0.1, 0.15) is 23.3 Å². The maximum atomic E-state index is 13.7. The third-order valence-corrected chi connectivity index (χ3v) is 6.75. The minimum Gasteiger partial charge on any atom is -0.365 e. The highest BCUT2D eigenvalue weighted by Crippen LogP contribution is 2.31. The normalized spacial score (nSPS) is 11.7. The fourth-order valence-electron chi connectivity index (χ4n) is 4.44. The van der Waals surface area contributed by atoms with Crippen LogP contribution in [-0.2, 0) is 12.7 Å². The molecule has 0 saturated heterocycles. The second-order valence-corrected chi connectivity index (χ2v) is 9.82. The summed E-state index contributed by atoms with van der Waals surface area (Å²) in [6.07, 6.45) is -3.01. The predicted octanol–water partition coefficient (Wildman–Crippen LogP) is 3.57. The van der Waals surface area contributed by atoms with Gasteiger partial charge in [-0.25, -0.2) is 9.67 Å². The topological polar surface area (TPSA) is 188 Å². The molecular formula is C26H18ClF3N12O2. The molecule has 0 saturated carbocycles. The first-order chi connectivity index (χ1) is 21.0. The number of nitrogens with one attached hydrogen (secondary N) is 2. The second kappa shape index (κ2) is 10.8. The van der Waals surface area contributed by atoms with E-state index in [0.717, 1.165) is 16.9 Å². The van der Waals surface area contributed by atoms with Gasteiger partial charge in [-0.15, -0.1) is 10.2 Å². The van der Waals surface area contributed by atoms with E-state index in [1.165, 1.54) is 29.1 Å². The number of aromatic amines is 1. The number of aromatic nitrogens is 10. The lowest BCUT2D eigenvalue weighted by molar-refractivity contribution is -0.137. The summed E-state index contributed by atoms with van der Waals surface area (Å²) in [6, 6.07) is 10.6. The number of carbonyl (C=O) groups is 2. The van der Waals surface area contributed by atoms with Crippen LogP contribution in [0.15, 0.2) is 54.7 Å². The molecule has 0 fully saturated rings. The van der Waals surface area contributed by atoms with Crippen LogP contribution < -0.4 is 11.1 Å². The lowest BCUT2D eigenvalue weighted by atomic mass is 10.0. The highest BCUT2D eigenvalue weighted by atomic mass is 35.5. The molecule has 6 aromatic rings. The van der Waals surface area contributed by atoms with Crippen LogP contribution in [-0.4, -0.2) is 62.2 Å². The largest absolute Gasteiger partial charge is 0.416 e. The fourth-order valence-corrected chi connectivity index (χ4v) is 4.64. The quantitative estimate of drug-likeness (QED) is 0.239. The lowest BCUT2D eigenvalue weighted by Crippen LogP contribution is -2.22. The summed E-state index contributed by atoms with van der Waals surface area (Å²) in [4.78, 5) is 31.5. The van der Waals surface area contributed by atoms with Crippen molar-refractivity contribution in [2.45, 2.75) is 19.6 Å². The molecule has 0 aliphatic rings. The molecule has 4 heterocycles. The van der Waals surface area contributed by atoms with Gasteiger partial charge in [0.05, 0.1) is 27.5 Å². The van der Waals surface area contributed by atoms with Crippen LogP contribution in [0.5, 0.6) is 0 Å². The average Bonchev–Trinajstić information content (AvgIpc) is 3.73. The van der Waals surface area contributed by atoms with Crippen LogP contribution in [0.25, 0.3) is 28.2 Å². The molecule has 44 heavy (non-hydrogen) atoms. The van der Waals surface area contributed by atoms with Crippen molar-refractivity contribution in [3.8, 4) is 17.2 Å². The van der Waals surface area contributed by atoms with E-state index in [2.05, 4.69) is 46.2 Å². The molecule has 0 spiro atoms. The van der Waals surface area contributed by atoms with Gasteiger partial charge in [-0.05, 0) is 54.1 Å². The van der Waals surface area contributed by atoms with Crippen molar-refractivity contribution < 1.29 is 22.8 Å². The Morgan fingerprint density at radius 2 is 1.86 bits per heavy atom. The van der Waals surface area contributed by atoms with Gasteiger partial charge in [-0.3, -0.25) is 9.59 Å². The molecule has 0 unspecified atom stereocenters. The van der Waals surface area contributed by atoms with E-state index in [-0.39, 0.29) is 51.4 Å². The summed E-state index contributed by atoms with van der Waals surface area (Å²) in [5.41, 5.74) is 6.58. The monoisotopic (exact) mass is 622 g/mol. The van der Waals surface area contributed by atoms with Crippen LogP contribution in [0.1, 0.15) is 37.7 Å². The molecule has 0 aliphatic carbocycles. The van der Waals surface area contributed by atoms with Crippen molar-refractivity contribution >= 4 is 40.1 Å². The van der Waals surface area contributed by atoms with Crippen LogP contribution in [0, 0.1) is 6.92 Å². The summed E-state index contributed by atoms with van der Waals surface area (Å²) in [6.45, 7) is 1.58. The molecule has 222 valence electrons. The number of hydrogen-bond donors (Lipinski definition) is 3. The minimum atomic E-state index is -4.48. The summed E-state index contributed by atoms with van der Waals surface area (Å²) < 4.78 is 40.0. The summed E-state index contributed by atoms with van der Waals surface area (Å²) in [5.74, 6) is -1.29. The lowest BCUT2D eigenvalue weighted by Gasteiger charge is -2.13. The van der Waals surface area contributed by atoms with Gasteiger partial charge in [0.15, 0.2) is 5.82 Å². The van der Waals surface area contributed by atoms with Gasteiger partial charge in [-0.1, -0.05) is 23.7 Å². The molecule has 14 nitrogen and oxygen atoms in total. The number of aryl methyl sites for hydroxylation is 1. The van der Waals surface area contributed by atoms with Crippen molar-refractivity contribution in [3.63, 3.8) is 0 Å². The zero-order valence-electron chi connectivity index (χ0n) is 22.3. The third kappa shape index (κ3) is 5.31. The van der Waals surface area contributed by atoms with E-state index < -0.39 is 23.6 Å². The number of hydrogen-bond acceptors (Lipinski definition) is 9. The number of pyridine rings is 1. The number of tetrazole rings is 1. The Labute approximate surface area is 249 Å². The zero-order valence-corrected chi connectivity index (χ0v) is 23.1. The average molecular weight is 623 g/mol. The van der Waals surface area contributed by atoms with Crippen LogP contribution >= 0.6 is 11.6 Å². The Morgan fingerprint density at radius 3 is 2.57 bits per heavy atom. The van der Waals surface area contributed by atoms with Crippen molar-refractivity contribution in [3.05, 3.63) is 87.8 Å². The second-order valence-electron chi connectivity index (χ2n) is 9.41. The molecule has 2 aromatic carbocycles. The summed E-state index contributed by atoms with van der Waals surface area (Å²) in [7, 11) is 0. The molecule has 18 heteroatoms. The van der Waals surface area contributed by atoms with Crippen molar-refractivity contribution in [1.29, 1.82) is 0 Å². The first-order valence-electron chi connectivity index (χ1n) is 12.6. The molecule has 0 bridgehead atoms. The van der Waals surface area contributed by atoms with E-state index in [1.807, 2.05) is 0 Å². The Kier molecular flexibility index (Phi) is 7.00. The van der Waals surface area contributed by atoms with E-state index >= 15 is 0 Å². The van der Waals surface area contributed by atoms with E-state index in [9.17, 15) is 22.8 Å². The highest BCUT2D eigenvalue weighted by Gasteiger charge is 2.30. The number of primary amides is 1. The molecule has 6 rings (SSSR count). The molecular weight excluding hydrogens is 605 g/mol. The Morgan fingerprint density at radius 1 is 1.09 bits per heavy atom. The number of amides is 2. The highest BCUT2D eigenvalue weighted by molar-refractivity contribution is 6.32. The number of benzene rings is 2. The number of carbonyl (C=O) groups excluding carboxylic acids is 2. The number of anilines is 1. The van der Waals surface area contributed by atoms with Gasteiger partial charge in [0, 0.05) is 11.8 Å². The molecule has 4 N–H and O–H groups in total. The molecule has 2 amide bonds.